The first-order valence-corrected chi connectivity index (χ1v) is 21.0. The fourth-order valence-corrected chi connectivity index (χ4v) is 20.0. The smallest absolute Gasteiger partial charge is 0.100 e. The van der Waals surface area contributed by atoms with Crippen molar-refractivity contribution in [1.82, 2.24) is 0 Å². The molecule has 4 heterocycles. The minimum atomic E-state index is -2.55. The molecule has 4 aliphatic rings. The van der Waals surface area contributed by atoms with Gasteiger partial charge in [-0.1, -0.05) is 131 Å². The van der Waals surface area contributed by atoms with E-state index in [0.717, 1.165) is 16.2 Å². The lowest BCUT2D eigenvalue weighted by atomic mass is 10.2. The molecule has 2 nitrogen and oxygen atoms in total. The molecule has 40 heavy (non-hydrogen) atoms. The van der Waals surface area contributed by atoms with Gasteiger partial charge in [0, 0.05) is 6.89 Å². The largest absolute Gasteiger partial charge is 0.192 e. The molecular weight excluding hydrogens is 664 g/mol. The van der Waals surface area contributed by atoms with Gasteiger partial charge < -0.3 is 0 Å². The van der Waals surface area contributed by atoms with Crippen molar-refractivity contribution in [3.05, 3.63) is 119 Å². The van der Waals surface area contributed by atoms with Gasteiger partial charge in [0.15, 0.2) is 0 Å². The second kappa shape index (κ2) is 12.7. The van der Waals surface area contributed by atoms with Crippen molar-refractivity contribution in [2.75, 3.05) is 12.5 Å². The number of rotatable bonds is 5. The molecule has 0 saturated carbocycles. The zero-order valence-corrected chi connectivity index (χ0v) is 28.5. The summed E-state index contributed by atoms with van der Waals surface area (Å²) in [6.45, 7) is -2.55. The normalized spacial score (nSPS) is 19.9. The van der Waals surface area contributed by atoms with Crippen LogP contribution in [0.5, 0.6) is 0 Å². The average Bonchev–Trinajstić information content (AvgIpc) is 3.70. The third kappa shape index (κ3) is 5.30. The van der Waals surface area contributed by atoms with Gasteiger partial charge in [0.25, 0.3) is 0 Å². The first-order valence-electron chi connectivity index (χ1n) is 11.8. The van der Waals surface area contributed by atoms with Crippen LogP contribution in [0.15, 0.2) is 119 Å². The second-order valence-electron chi connectivity index (χ2n) is 8.33. The molecule has 6 rings (SSSR count). The molecule has 0 saturated heterocycles. The first kappa shape index (κ1) is 29.1. The number of hydrogen-bond acceptors (Lipinski definition) is 10. The molecule has 11 heteroatoms. The second-order valence-corrected chi connectivity index (χ2v) is 21.3. The van der Waals surface area contributed by atoms with E-state index < -0.39 is 6.89 Å². The number of nitriles is 2. The van der Waals surface area contributed by atoms with Crippen molar-refractivity contribution in [2.24, 2.45) is 0 Å². The minimum absolute atomic E-state index is 0.664. The van der Waals surface area contributed by atoms with Gasteiger partial charge in [-0.3, -0.25) is 0 Å². The van der Waals surface area contributed by atoms with Crippen LogP contribution in [0.4, 0.5) is 0 Å². The molecule has 0 radical (unpaired) electrons. The summed E-state index contributed by atoms with van der Waals surface area (Å²) in [5.41, 5.74) is 0.903. The number of benzene rings is 2. The van der Waals surface area contributed by atoms with Crippen molar-refractivity contribution in [2.45, 2.75) is 0 Å². The van der Waals surface area contributed by atoms with Gasteiger partial charge in [0.1, 0.15) is 12.1 Å². The SMILES string of the molecule is CSC1=C(SC)SC(=C2SC3=C(SC(=CC4=CC(C#N)=P(c5ccccc5)(c5ccccc5)C(C#N)=C4)S3)S2)S1. The van der Waals surface area contributed by atoms with Crippen molar-refractivity contribution >= 4 is 117 Å². The van der Waals surface area contributed by atoms with E-state index in [1.807, 2.05) is 119 Å². The number of hydrogen-bond donors (Lipinski definition) is 0. The number of allylic oxidation sites excluding steroid dienone is 5. The van der Waals surface area contributed by atoms with Gasteiger partial charge in [-0.25, -0.2) is 0 Å². The Kier molecular flexibility index (Phi) is 9.21. The molecule has 0 bridgehead atoms. The van der Waals surface area contributed by atoms with E-state index in [2.05, 4.69) is 55.0 Å². The molecule has 0 aliphatic carbocycles. The quantitative estimate of drug-likeness (QED) is 0.285. The van der Waals surface area contributed by atoms with E-state index in [-0.39, 0.29) is 0 Å². The van der Waals surface area contributed by atoms with Gasteiger partial charge >= 0.3 is 0 Å². The van der Waals surface area contributed by atoms with Crippen LogP contribution in [-0.2, 0) is 0 Å². The van der Waals surface area contributed by atoms with E-state index >= 15 is 0 Å². The van der Waals surface area contributed by atoms with Crippen LogP contribution in [0.1, 0.15) is 0 Å². The molecule has 0 spiro atoms. The Morgan fingerprint density at radius 1 is 0.650 bits per heavy atom. The molecule has 4 aliphatic heterocycles. The van der Waals surface area contributed by atoms with E-state index in [1.54, 1.807) is 23.5 Å². The predicted molar refractivity (Wildman–Crippen MR) is 193 cm³/mol. The highest BCUT2D eigenvalue weighted by Gasteiger charge is 2.36. The Morgan fingerprint density at radius 3 is 1.62 bits per heavy atom. The average molecular weight is 683 g/mol. The standard InChI is InChI=1S/C29H19N2PS8/c1-33-24-25(34-2)38-28(37-24)29-39-26-27(40-29)36-23(35-26)15-18-13-21(16-30)32(22(14-18)17-31,19-9-5-3-6-10-19)20-11-7-4-8-12-20/h3-15H,1-2H3. The van der Waals surface area contributed by atoms with Crippen molar-refractivity contribution in [3.8, 4) is 12.1 Å². The lowest BCUT2D eigenvalue weighted by Gasteiger charge is -2.30. The van der Waals surface area contributed by atoms with Crippen LogP contribution in [0.25, 0.3) is 0 Å². The molecule has 0 aromatic heterocycles. The Hall–Kier alpha value is -1.04. The first-order chi connectivity index (χ1) is 19.6. The highest BCUT2D eigenvalue weighted by atomic mass is 32.3. The van der Waals surface area contributed by atoms with Crippen LogP contribution in [0, 0.1) is 22.7 Å². The molecule has 2 aromatic carbocycles. The Balaban J connectivity index is 1.33. The fraction of sp³-hybridized carbons (Fsp3) is 0.0690. The van der Waals surface area contributed by atoms with Gasteiger partial charge in [-0.15, -0.1) is 23.5 Å². The van der Waals surface area contributed by atoms with Gasteiger partial charge in [-0.05, 0) is 46.9 Å². The summed E-state index contributed by atoms with van der Waals surface area (Å²) in [6.07, 6.45) is 10.4. The predicted octanol–water partition coefficient (Wildman–Crippen LogP) is 10.1. The number of nitrogens with zero attached hydrogens (tertiary/aromatic N) is 2. The summed E-state index contributed by atoms with van der Waals surface area (Å²) < 4.78 is 9.38. The summed E-state index contributed by atoms with van der Waals surface area (Å²) >= 11 is 14.8. The summed E-state index contributed by atoms with van der Waals surface area (Å²) in [5, 5.41) is 24.3. The van der Waals surface area contributed by atoms with Gasteiger partial charge in [0.2, 0.25) is 0 Å². The maximum absolute atomic E-state index is 10.5. The van der Waals surface area contributed by atoms with E-state index in [1.165, 1.54) is 29.7 Å². The Bertz CT molecular complexity index is 1650. The maximum Gasteiger partial charge on any atom is 0.100 e. The molecule has 0 atom stereocenters. The molecular formula is C29H19N2PS8. The van der Waals surface area contributed by atoms with Gasteiger partial charge in [0.05, 0.1) is 40.3 Å². The van der Waals surface area contributed by atoms with E-state index in [0.29, 0.717) is 10.6 Å². The zero-order chi connectivity index (χ0) is 27.7. The van der Waals surface area contributed by atoms with Gasteiger partial charge in [-0.2, -0.15) is 10.5 Å². The fourth-order valence-electron chi connectivity index (χ4n) is 4.47. The van der Waals surface area contributed by atoms with Crippen molar-refractivity contribution in [3.63, 3.8) is 0 Å². The molecule has 0 N–H and O–H groups in total. The Morgan fingerprint density at radius 2 is 1.15 bits per heavy atom. The van der Waals surface area contributed by atoms with Crippen LogP contribution in [0.2, 0.25) is 0 Å². The van der Waals surface area contributed by atoms with Crippen LogP contribution >= 0.6 is 101 Å². The van der Waals surface area contributed by atoms with Crippen LogP contribution in [0.3, 0.4) is 0 Å². The van der Waals surface area contributed by atoms with Crippen molar-refractivity contribution in [1.29, 1.82) is 10.5 Å². The highest BCUT2D eigenvalue weighted by molar-refractivity contribution is 8.49. The Labute approximate surface area is 269 Å². The molecule has 2 aromatic rings. The molecule has 0 amide bonds. The summed E-state index contributed by atoms with van der Waals surface area (Å²) in [5.74, 6) is 0. The number of thioether (sulfide) groups is 8. The van der Waals surface area contributed by atoms with Crippen LogP contribution in [-0.4, -0.2) is 17.8 Å². The third-order valence-corrected chi connectivity index (χ3v) is 21.4. The summed E-state index contributed by atoms with van der Waals surface area (Å²) in [7, 11) is 0. The summed E-state index contributed by atoms with van der Waals surface area (Å²) in [4.78, 5) is 0. The third-order valence-electron chi connectivity index (χ3n) is 6.13. The van der Waals surface area contributed by atoms with E-state index in [9.17, 15) is 10.5 Å². The van der Waals surface area contributed by atoms with E-state index in [4.69, 9.17) is 0 Å². The lowest BCUT2D eigenvalue weighted by molar-refractivity contribution is 1.51. The maximum atomic E-state index is 10.5. The molecule has 0 unspecified atom stereocenters. The molecule has 0 fully saturated rings. The lowest BCUT2D eigenvalue weighted by Crippen LogP contribution is -2.24. The summed E-state index contributed by atoms with van der Waals surface area (Å²) in [6, 6.07) is 25.2. The highest BCUT2D eigenvalue weighted by Crippen LogP contribution is 2.70. The zero-order valence-electron chi connectivity index (χ0n) is 21.1. The van der Waals surface area contributed by atoms with Crippen molar-refractivity contribution < 1.29 is 0 Å². The molecule has 198 valence electrons. The van der Waals surface area contributed by atoms with Crippen LogP contribution < -0.4 is 10.6 Å². The monoisotopic (exact) mass is 682 g/mol. The topological polar surface area (TPSA) is 47.6 Å². The minimum Gasteiger partial charge on any atom is -0.192 e.